The SMILES string of the molecule is CC1(C)c2cc3c(cc2-c2ccc4cc(N(c5ccccc5)c5ccccc5)ccc4c21)N(c1ccccc1)c1cccc2c1B3c1ccccc1N2c1ccccc1. The fourth-order valence-corrected chi connectivity index (χ4v) is 10.5. The van der Waals surface area contributed by atoms with Gasteiger partial charge in [0.15, 0.2) is 0 Å². The van der Waals surface area contributed by atoms with Gasteiger partial charge in [0.05, 0.1) is 0 Å². The lowest BCUT2D eigenvalue weighted by atomic mass is 9.33. The Balaban J connectivity index is 1.07. The summed E-state index contributed by atoms with van der Waals surface area (Å²) in [6.45, 7) is 4.93. The van der Waals surface area contributed by atoms with Gasteiger partial charge in [-0.2, -0.15) is 0 Å². The molecule has 4 heteroatoms. The molecule has 0 N–H and O–H groups in total. The Kier molecular flexibility index (Phi) is 7.37. The number of benzene rings is 9. The van der Waals surface area contributed by atoms with Gasteiger partial charge in [-0.3, -0.25) is 0 Å². The van der Waals surface area contributed by atoms with Crippen LogP contribution >= 0.6 is 0 Å². The Morgan fingerprint density at radius 2 is 0.983 bits per heavy atom. The maximum absolute atomic E-state index is 2.58. The largest absolute Gasteiger partial charge is 0.311 e. The summed E-state index contributed by atoms with van der Waals surface area (Å²) in [6, 6.07) is 75.9. The van der Waals surface area contributed by atoms with Crippen molar-refractivity contribution in [3.05, 3.63) is 217 Å². The summed E-state index contributed by atoms with van der Waals surface area (Å²) in [6.07, 6.45) is 0. The van der Waals surface area contributed by atoms with Crippen molar-refractivity contribution < 1.29 is 0 Å². The number of nitrogens with zero attached hydrogens (tertiary/aromatic N) is 3. The molecule has 59 heavy (non-hydrogen) atoms. The van der Waals surface area contributed by atoms with Crippen LogP contribution in [-0.2, 0) is 5.41 Å². The number of fused-ring (bicyclic) bond motifs is 9. The summed E-state index contributed by atoms with van der Waals surface area (Å²) >= 11 is 0. The summed E-state index contributed by atoms with van der Waals surface area (Å²) in [5, 5.41) is 2.55. The molecule has 9 aromatic rings. The molecule has 2 aliphatic heterocycles. The fourth-order valence-electron chi connectivity index (χ4n) is 10.5. The van der Waals surface area contributed by atoms with Crippen molar-refractivity contribution in [2.75, 3.05) is 14.7 Å². The van der Waals surface area contributed by atoms with Crippen LogP contribution in [0.25, 0.3) is 21.9 Å². The molecule has 0 bridgehead atoms. The summed E-state index contributed by atoms with van der Waals surface area (Å²) in [5.74, 6) is 0. The number of para-hydroxylation sites is 5. The summed E-state index contributed by atoms with van der Waals surface area (Å²) in [5.41, 5.74) is 19.9. The molecule has 0 amide bonds. The molecule has 1 aliphatic carbocycles. The Morgan fingerprint density at radius 1 is 0.424 bits per heavy atom. The number of hydrogen-bond acceptors (Lipinski definition) is 3. The van der Waals surface area contributed by atoms with Crippen LogP contribution < -0.4 is 31.1 Å². The predicted molar refractivity (Wildman–Crippen MR) is 250 cm³/mol. The Bertz CT molecular complexity index is 3050. The number of anilines is 9. The Hall–Kier alpha value is -7.30. The maximum Gasteiger partial charge on any atom is 0.252 e. The molecular formula is C55H40BN3. The first kappa shape index (κ1) is 33.8. The molecule has 0 saturated heterocycles. The highest BCUT2D eigenvalue weighted by Gasteiger charge is 2.46. The van der Waals surface area contributed by atoms with Crippen molar-refractivity contribution >= 4 is 85.1 Å². The van der Waals surface area contributed by atoms with E-state index in [1.807, 2.05) is 0 Å². The van der Waals surface area contributed by atoms with Gasteiger partial charge in [-0.15, -0.1) is 0 Å². The van der Waals surface area contributed by atoms with E-state index in [2.05, 4.69) is 235 Å². The molecule has 0 spiro atoms. The normalized spacial score (nSPS) is 14.0. The standard InChI is InChI=1S/C55H40BN3/c1-55(2)46-36-48-52(35-45(46)44-32-30-37-34-42(31-33-43(37)53(44)55)57(38-18-7-3-8-19-38)39-20-9-4-10-21-39)59(41-24-13-6-14-25-41)51-29-17-28-50-54(51)56(48)47-26-15-16-27-49(47)58(50)40-22-11-5-12-23-40/h3-36H,1-2H3. The second-order valence-electron chi connectivity index (χ2n) is 16.5. The van der Waals surface area contributed by atoms with Crippen molar-refractivity contribution in [3.63, 3.8) is 0 Å². The Labute approximate surface area is 346 Å². The van der Waals surface area contributed by atoms with E-state index in [1.54, 1.807) is 0 Å². The van der Waals surface area contributed by atoms with Gasteiger partial charge in [0.2, 0.25) is 0 Å². The molecule has 0 radical (unpaired) electrons. The minimum Gasteiger partial charge on any atom is -0.311 e. The van der Waals surface area contributed by atoms with Gasteiger partial charge < -0.3 is 14.7 Å². The molecule has 3 nitrogen and oxygen atoms in total. The van der Waals surface area contributed by atoms with Gasteiger partial charge in [-0.25, -0.2) is 0 Å². The van der Waals surface area contributed by atoms with Crippen LogP contribution in [0.4, 0.5) is 51.2 Å². The first-order valence-corrected chi connectivity index (χ1v) is 20.6. The minimum atomic E-state index is -0.235. The molecule has 0 saturated carbocycles. The second-order valence-corrected chi connectivity index (χ2v) is 16.5. The molecule has 3 aliphatic rings. The monoisotopic (exact) mass is 753 g/mol. The number of rotatable bonds is 5. The molecule has 0 fully saturated rings. The van der Waals surface area contributed by atoms with Crippen molar-refractivity contribution in [1.29, 1.82) is 0 Å². The maximum atomic E-state index is 2.58. The zero-order valence-corrected chi connectivity index (χ0v) is 33.0. The van der Waals surface area contributed by atoms with Gasteiger partial charge in [0.1, 0.15) is 0 Å². The van der Waals surface area contributed by atoms with Gasteiger partial charge in [-0.05, 0) is 134 Å². The summed E-state index contributed by atoms with van der Waals surface area (Å²) in [4.78, 5) is 7.33. The van der Waals surface area contributed by atoms with E-state index in [1.165, 1.54) is 77.9 Å². The van der Waals surface area contributed by atoms with E-state index in [0.717, 1.165) is 22.7 Å². The molecule has 9 aromatic carbocycles. The van der Waals surface area contributed by atoms with Crippen LogP contribution in [0.2, 0.25) is 0 Å². The van der Waals surface area contributed by atoms with Crippen LogP contribution in [0.15, 0.2) is 206 Å². The Morgan fingerprint density at radius 3 is 1.63 bits per heavy atom. The van der Waals surface area contributed by atoms with Gasteiger partial charge >= 0.3 is 0 Å². The third-order valence-electron chi connectivity index (χ3n) is 12.9. The zero-order chi connectivity index (χ0) is 39.2. The van der Waals surface area contributed by atoms with Gasteiger partial charge in [-0.1, -0.05) is 135 Å². The topological polar surface area (TPSA) is 9.72 Å². The minimum absolute atomic E-state index is 0.0680. The van der Waals surface area contributed by atoms with E-state index in [0.29, 0.717) is 0 Å². The summed E-state index contributed by atoms with van der Waals surface area (Å²) in [7, 11) is 0. The highest BCUT2D eigenvalue weighted by atomic mass is 15.2. The smallest absolute Gasteiger partial charge is 0.252 e. The van der Waals surface area contributed by atoms with Crippen molar-refractivity contribution in [1.82, 2.24) is 0 Å². The zero-order valence-electron chi connectivity index (χ0n) is 33.0. The summed E-state index contributed by atoms with van der Waals surface area (Å²) < 4.78 is 0. The number of hydrogen-bond donors (Lipinski definition) is 0. The van der Waals surface area contributed by atoms with E-state index in [4.69, 9.17) is 0 Å². The van der Waals surface area contributed by atoms with E-state index >= 15 is 0 Å². The predicted octanol–water partition coefficient (Wildman–Crippen LogP) is 12.7. The van der Waals surface area contributed by atoms with Crippen LogP contribution in [0.5, 0.6) is 0 Å². The third kappa shape index (κ3) is 4.96. The molecule has 278 valence electrons. The van der Waals surface area contributed by atoms with Crippen LogP contribution in [0.3, 0.4) is 0 Å². The highest BCUT2D eigenvalue weighted by molar-refractivity contribution is 7.00. The van der Waals surface area contributed by atoms with Crippen molar-refractivity contribution in [2.24, 2.45) is 0 Å². The molecule has 2 heterocycles. The van der Waals surface area contributed by atoms with Gasteiger partial charge in [0.25, 0.3) is 6.71 Å². The first-order chi connectivity index (χ1) is 29.1. The molecule has 0 unspecified atom stereocenters. The molecular weight excluding hydrogens is 713 g/mol. The molecule has 0 aromatic heterocycles. The van der Waals surface area contributed by atoms with Crippen LogP contribution in [0, 0.1) is 0 Å². The third-order valence-corrected chi connectivity index (χ3v) is 12.9. The second kappa shape index (κ2) is 12.9. The van der Waals surface area contributed by atoms with Crippen molar-refractivity contribution in [3.8, 4) is 11.1 Å². The van der Waals surface area contributed by atoms with Crippen LogP contribution in [0.1, 0.15) is 25.0 Å². The van der Waals surface area contributed by atoms with E-state index < -0.39 is 0 Å². The van der Waals surface area contributed by atoms with Gasteiger partial charge in [0, 0.05) is 56.6 Å². The van der Waals surface area contributed by atoms with Crippen LogP contribution in [-0.4, -0.2) is 6.71 Å². The highest BCUT2D eigenvalue weighted by Crippen LogP contribution is 2.54. The lowest BCUT2D eigenvalue weighted by Crippen LogP contribution is -2.61. The lowest BCUT2D eigenvalue weighted by molar-refractivity contribution is 0.667. The van der Waals surface area contributed by atoms with Crippen molar-refractivity contribution in [2.45, 2.75) is 19.3 Å². The fraction of sp³-hybridized carbons (Fsp3) is 0.0545. The molecule has 0 atom stereocenters. The first-order valence-electron chi connectivity index (χ1n) is 20.6. The lowest BCUT2D eigenvalue weighted by Gasteiger charge is -2.44. The molecule has 12 rings (SSSR count). The average molecular weight is 754 g/mol. The quantitative estimate of drug-likeness (QED) is 0.162. The van der Waals surface area contributed by atoms with E-state index in [-0.39, 0.29) is 12.1 Å². The van der Waals surface area contributed by atoms with E-state index in [9.17, 15) is 0 Å². The average Bonchev–Trinajstić information content (AvgIpc) is 3.52.